The number of likely N-dealkylation sites (N-methyl/N-ethyl adjacent to an activating group) is 1. The van der Waals surface area contributed by atoms with Crippen molar-refractivity contribution in [3.63, 3.8) is 0 Å². The molecule has 0 aliphatic carbocycles. The Kier molecular flexibility index (Phi) is 7.54. The summed E-state index contributed by atoms with van der Waals surface area (Å²) in [5.41, 5.74) is 0. The van der Waals surface area contributed by atoms with Crippen molar-refractivity contribution in [3.8, 4) is 0 Å². The molecule has 0 saturated carbocycles. The number of amides is 1. The van der Waals surface area contributed by atoms with E-state index in [1.54, 1.807) is 19.0 Å². The third-order valence-corrected chi connectivity index (χ3v) is 2.53. The van der Waals surface area contributed by atoms with E-state index in [1.165, 1.54) is 7.11 Å². The Morgan fingerprint density at radius 1 is 1.29 bits per heavy atom. The summed E-state index contributed by atoms with van der Waals surface area (Å²) in [5.74, 6) is -0.388. The summed E-state index contributed by atoms with van der Waals surface area (Å²) in [7, 11) is 4.85. The number of carbonyl (C=O) groups excluding carboxylic acids is 2. The molecule has 0 rings (SSSR count). The smallest absolute Gasteiger partial charge is 0.309 e. The first-order chi connectivity index (χ1) is 7.92. The number of nitrogens with zero attached hydrogens (tertiary/aromatic N) is 2. The first kappa shape index (κ1) is 15.9. The number of esters is 1. The maximum atomic E-state index is 11.6. The lowest BCUT2D eigenvalue weighted by Crippen LogP contribution is -2.40. The van der Waals surface area contributed by atoms with Crippen LogP contribution in [0.4, 0.5) is 0 Å². The Morgan fingerprint density at radius 2 is 1.88 bits per heavy atom. The second kappa shape index (κ2) is 8.06. The minimum Gasteiger partial charge on any atom is -0.469 e. The summed E-state index contributed by atoms with van der Waals surface area (Å²) in [6, 6.07) is 0. The van der Waals surface area contributed by atoms with Crippen molar-refractivity contribution >= 4 is 11.9 Å². The van der Waals surface area contributed by atoms with Crippen molar-refractivity contribution in [1.82, 2.24) is 9.80 Å². The van der Waals surface area contributed by atoms with E-state index in [4.69, 9.17) is 0 Å². The average Bonchev–Trinajstić information content (AvgIpc) is 2.27. The predicted octanol–water partition coefficient (Wildman–Crippen LogP) is 0.596. The average molecular weight is 244 g/mol. The van der Waals surface area contributed by atoms with Crippen LogP contribution in [0.2, 0.25) is 0 Å². The quantitative estimate of drug-likeness (QED) is 0.615. The number of methoxy groups -OCH3 is 1. The van der Waals surface area contributed by atoms with E-state index in [1.807, 2.05) is 11.8 Å². The number of hydrogen-bond acceptors (Lipinski definition) is 4. The molecule has 0 saturated heterocycles. The minimum atomic E-state index is -0.233. The van der Waals surface area contributed by atoms with E-state index >= 15 is 0 Å². The molecule has 1 atom stereocenters. The fourth-order valence-corrected chi connectivity index (χ4v) is 1.55. The van der Waals surface area contributed by atoms with Gasteiger partial charge >= 0.3 is 5.97 Å². The van der Waals surface area contributed by atoms with E-state index in [-0.39, 0.29) is 17.8 Å². The van der Waals surface area contributed by atoms with Gasteiger partial charge in [-0.1, -0.05) is 13.8 Å². The molecule has 5 heteroatoms. The van der Waals surface area contributed by atoms with Gasteiger partial charge in [-0.05, 0) is 13.0 Å². The Balaban J connectivity index is 4.32. The van der Waals surface area contributed by atoms with Crippen LogP contribution in [0.15, 0.2) is 0 Å². The van der Waals surface area contributed by atoms with Gasteiger partial charge in [0.2, 0.25) is 5.91 Å². The van der Waals surface area contributed by atoms with E-state index in [9.17, 15) is 9.59 Å². The van der Waals surface area contributed by atoms with Crippen LogP contribution in [-0.4, -0.2) is 62.5 Å². The van der Waals surface area contributed by atoms with Gasteiger partial charge in [0.15, 0.2) is 0 Å². The molecule has 0 aliphatic rings. The van der Waals surface area contributed by atoms with Gasteiger partial charge in [0.1, 0.15) is 0 Å². The summed E-state index contributed by atoms with van der Waals surface area (Å²) in [6.45, 7) is 5.58. The molecule has 0 heterocycles. The van der Waals surface area contributed by atoms with Crippen molar-refractivity contribution in [2.24, 2.45) is 5.92 Å². The molecule has 0 N–H and O–H groups in total. The molecule has 0 aromatic rings. The Morgan fingerprint density at radius 3 is 2.29 bits per heavy atom. The molecule has 17 heavy (non-hydrogen) atoms. The van der Waals surface area contributed by atoms with E-state index < -0.39 is 0 Å². The van der Waals surface area contributed by atoms with Gasteiger partial charge in [-0.15, -0.1) is 0 Å². The van der Waals surface area contributed by atoms with Crippen LogP contribution < -0.4 is 0 Å². The van der Waals surface area contributed by atoms with Gasteiger partial charge in [0.05, 0.1) is 19.6 Å². The topological polar surface area (TPSA) is 49.9 Å². The first-order valence-corrected chi connectivity index (χ1v) is 5.92. The zero-order chi connectivity index (χ0) is 13.4. The van der Waals surface area contributed by atoms with Crippen LogP contribution in [0, 0.1) is 5.92 Å². The number of rotatable bonds is 7. The van der Waals surface area contributed by atoms with Crippen molar-refractivity contribution < 1.29 is 14.3 Å². The molecule has 5 nitrogen and oxygen atoms in total. The third kappa shape index (κ3) is 6.26. The van der Waals surface area contributed by atoms with Crippen molar-refractivity contribution in [1.29, 1.82) is 0 Å². The van der Waals surface area contributed by atoms with Gasteiger partial charge in [-0.2, -0.15) is 0 Å². The number of ether oxygens (including phenoxy) is 1. The zero-order valence-corrected chi connectivity index (χ0v) is 11.5. The fourth-order valence-electron chi connectivity index (χ4n) is 1.55. The zero-order valence-electron chi connectivity index (χ0n) is 11.5. The molecule has 0 aromatic carbocycles. The van der Waals surface area contributed by atoms with Crippen molar-refractivity contribution in [2.75, 3.05) is 40.8 Å². The van der Waals surface area contributed by atoms with Crippen molar-refractivity contribution in [3.05, 3.63) is 0 Å². The number of carbonyl (C=O) groups is 2. The van der Waals surface area contributed by atoms with E-state index in [0.29, 0.717) is 13.1 Å². The molecule has 0 bridgehead atoms. The summed E-state index contributed by atoms with van der Waals surface area (Å²) in [6.07, 6.45) is 0.953. The molecule has 0 radical (unpaired) electrons. The lowest BCUT2D eigenvalue weighted by atomic mass is 10.1. The number of hydrogen-bond donors (Lipinski definition) is 0. The highest BCUT2D eigenvalue weighted by molar-refractivity contribution is 5.77. The van der Waals surface area contributed by atoms with Crippen LogP contribution in [0.3, 0.4) is 0 Å². The van der Waals surface area contributed by atoms with Crippen molar-refractivity contribution in [2.45, 2.75) is 20.3 Å². The fraction of sp³-hybridized carbons (Fsp3) is 0.833. The summed E-state index contributed by atoms with van der Waals surface area (Å²) in [5, 5.41) is 0. The van der Waals surface area contributed by atoms with Gasteiger partial charge in [-0.3, -0.25) is 14.5 Å². The summed E-state index contributed by atoms with van der Waals surface area (Å²) in [4.78, 5) is 26.5. The predicted molar refractivity (Wildman–Crippen MR) is 66.6 cm³/mol. The maximum Gasteiger partial charge on any atom is 0.309 e. The molecule has 0 fully saturated rings. The second-order valence-electron chi connectivity index (χ2n) is 4.45. The van der Waals surface area contributed by atoms with E-state index in [2.05, 4.69) is 11.7 Å². The normalized spacial score (nSPS) is 12.4. The second-order valence-corrected chi connectivity index (χ2v) is 4.45. The molecule has 0 aromatic heterocycles. The lowest BCUT2D eigenvalue weighted by molar-refractivity contribution is -0.146. The van der Waals surface area contributed by atoms with E-state index in [0.717, 1.165) is 13.0 Å². The van der Waals surface area contributed by atoms with Crippen LogP contribution >= 0.6 is 0 Å². The SMILES string of the molecule is CCCN(CC(=O)N(C)C)CC(C)C(=O)OC. The summed E-state index contributed by atoms with van der Waals surface area (Å²) < 4.78 is 4.68. The van der Waals surface area contributed by atoms with Crippen LogP contribution in [0.5, 0.6) is 0 Å². The monoisotopic (exact) mass is 244 g/mol. The van der Waals surface area contributed by atoms with Gasteiger partial charge in [0, 0.05) is 20.6 Å². The molecular formula is C12H24N2O3. The van der Waals surface area contributed by atoms with Gasteiger partial charge < -0.3 is 9.64 Å². The Hall–Kier alpha value is -1.10. The Bertz CT molecular complexity index is 254. The molecule has 0 spiro atoms. The molecule has 0 aliphatic heterocycles. The lowest BCUT2D eigenvalue weighted by Gasteiger charge is -2.25. The molecule has 100 valence electrons. The highest BCUT2D eigenvalue weighted by Crippen LogP contribution is 2.03. The molecule has 1 unspecified atom stereocenters. The standard InChI is InChI=1S/C12H24N2O3/c1-6-7-14(9-11(15)13(3)4)8-10(2)12(16)17-5/h10H,6-9H2,1-5H3. The third-order valence-electron chi connectivity index (χ3n) is 2.53. The highest BCUT2D eigenvalue weighted by atomic mass is 16.5. The van der Waals surface area contributed by atoms with Crippen LogP contribution in [-0.2, 0) is 14.3 Å². The largest absolute Gasteiger partial charge is 0.469 e. The van der Waals surface area contributed by atoms with Gasteiger partial charge in [0.25, 0.3) is 0 Å². The van der Waals surface area contributed by atoms with Gasteiger partial charge in [-0.25, -0.2) is 0 Å². The van der Waals surface area contributed by atoms with Crippen LogP contribution in [0.25, 0.3) is 0 Å². The molecule has 1 amide bonds. The van der Waals surface area contributed by atoms with Crippen LogP contribution in [0.1, 0.15) is 20.3 Å². The Labute approximate surface area is 104 Å². The maximum absolute atomic E-state index is 11.6. The first-order valence-electron chi connectivity index (χ1n) is 5.92. The summed E-state index contributed by atoms with van der Waals surface area (Å²) >= 11 is 0. The molecular weight excluding hydrogens is 220 g/mol. The highest BCUT2D eigenvalue weighted by Gasteiger charge is 2.19. The minimum absolute atomic E-state index is 0.0514.